The van der Waals surface area contributed by atoms with Crippen LogP contribution in [0.4, 0.5) is 5.69 Å². The van der Waals surface area contributed by atoms with Crippen LogP contribution in [0.3, 0.4) is 0 Å². The Bertz CT molecular complexity index is 1140. The second kappa shape index (κ2) is 9.11. The molecule has 156 valence electrons. The third-order valence-electron chi connectivity index (χ3n) is 5.05. The number of benzene rings is 2. The van der Waals surface area contributed by atoms with Crippen molar-refractivity contribution in [3.05, 3.63) is 75.7 Å². The number of pyridine rings is 1. The topological polar surface area (TPSA) is 100 Å². The number of nitrogens with zero attached hydrogens (tertiary/aromatic N) is 1. The molecule has 0 aliphatic rings. The Morgan fingerprint density at radius 1 is 1.07 bits per heavy atom. The van der Waals surface area contributed by atoms with Gasteiger partial charge in [0.05, 0.1) is 12.5 Å². The normalized spacial score (nSPS) is 12.9. The molecule has 3 aromatic rings. The second-order valence-corrected chi connectivity index (χ2v) is 7.31. The molecule has 0 spiro atoms. The van der Waals surface area contributed by atoms with Crippen molar-refractivity contribution in [2.24, 2.45) is 0 Å². The number of halogens is 1. The van der Waals surface area contributed by atoms with Crippen molar-refractivity contribution >= 4 is 39.9 Å². The Hall–Kier alpha value is -3.16. The molecule has 0 bridgehead atoms. The van der Waals surface area contributed by atoms with Crippen LogP contribution in [0.2, 0.25) is 5.02 Å². The van der Waals surface area contributed by atoms with E-state index in [0.29, 0.717) is 21.5 Å². The van der Waals surface area contributed by atoms with Crippen LogP contribution in [0.1, 0.15) is 24.4 Å². The van der Waals surface area contributed by atoms with Crippen LogP contribution in [0, 0.1) is 0 Å². The van der Waals surface area contributed by atoms with Gasteiger partial charge in [-0.05, 0) is 42.8 Å². The summed E-state index contributed by atoms with van der Waals surface area (Å²) >= 11 is 5.91. The zero-order valence-corrected chi connectivity index (χ0v) is 17.3. The van der Waals surface area contributed by atoms with E-state index in [1.165, 1.54) is 17.8 Å². The van der Waals surface area contributed by atoms with Crippen molar-refractivity contribution in [2.45, 2.75) is 18.9 Å². The van der Waals surface area contributed by atoms with Gasteiger partial charge in [0.15, 0.2) is 0 Å². The molecule has 2 atom stereocenters. The van der Waals surface area contributed by atoms with Crippen molar-refractivity contribution < 1.29 is 14.7 Å². The maximum absolute atomic E-state index is 12.9. The fraction of sp³-hybridized carbons (Fsp3) is 0.227. The molecule has 3 rings (SSSR count). The van der Waals surface area contributed by atoms with Gasteiger partial charge in [0.2, 0.25) is 11.8 Å². The maximum Gasteiger partial charge on any atom is 0.259 e. The van der Waals surface area contributed by atoms with Crippen LogP contribution in [0.5, 0.6) is 0 Å². The van der Waals surface area contributed by atoms with Crippen LogP contribution >= 0.6 is 11.6 Å². The highest BCUT2D eigenvalue weighted by atomic mass is 35.5. The first-order valence-electron chi connectivity index (χ1n) is 9.40. The molecule has 0 aliphatic heterocycles. The molecule has 2 unspecified atom stereocenters. The molecule has 1 heterocycles. The molecule has 1 aromatic heterocycles. The quantitative estimate of drug-likeness (QED) is 0.563. The monoisotopic (exact) mass is 427 g/mol. The minimum Gasteiger partial charge on any atom is -0.394 e. The fourth-order valence-corrected chi connectivity index (χ4v) is 3.38. The lowest BCUT2D eigenvalue weighted by Crippen LogP contribution is -2.37. The summed E-state index contributed by atoms with van der Waals surface area (Å²) in [6, 6.07) is 12.6. The van der Waals surface area contributed by atoms with Crippen molar-refractivity contribution in [3.8, 4) is 0 Å². The average molecular weight is 428 g/mol. The van der Waals surface area contributed by atoms with Gasteiger partial charge in [-0.25, -0.2) is 0 Å². The van der Waals surface area contributed by atoms with Crippen LogP contribution in [0.25, 0.3) is 10.8 Å². The lowest BCUT2D eigenvalue weighted by atomic mass is 10.00. The molecular weight excluding hydrogens is 406 g/mol. The lowest BCUT2D eigenvalue weighted by molar-refractivity contribution is -0.125. The van der Waals surface area contributed by atoms with Crippen molar-refractivity contribution in [3.63, 3.8) is 0 Å². The minimum atomic E-state index is -1.03. The molecule has 0 saturated carbocycles. The number of fused-ring (bicyclic) bond motifs is 1. The Kier molecular flexibility index (Phi) is 6.54. The summed E-state index contributed by atoms with van der Waals surface area (Å²) in [5.41, 5.74) is 0.871. The molecule has 30 heavy (non-hydrogen) atoms. The molecule has 2 aromatic carbocycles. The number of anilines is 1. The number of carbonyl (C=O) groups is 2. The average Bonchev–Trinajstić information content (AvgIpc) is 2.76. The molecule has 8 heteroatoms. The van der Waals surface area contributed by atoms with Gasteiger partial charge in [-0.15, -0.1) is 0 Å². The van der Waals surface area contributed by atoms with E-state index in [0.717, 1.165) is 5.56 Å². The lowest BCUT2D eigenvalue weighted by Gasteiger charge is -2.18. The number of amides is 2. The Balaban J connectivity index is 1.95. The number of hydrogen-bond donors (Lipinski definition) is 3. The molecular formula is C22H22ClN3O4. The fourth-order valence-electron chi connectivity index (χ4n) is 3.25. The van der Waals surface area contributed by atoms with E-state index in [9.17, 15) is 19.5 Å². The third-order valence-corrected chi connectivity index (χ3v) is 5.30. The first kappa shape index (κ1) is 21.5. The van der Waals surface area contributed by atoms with Gasteiger partial charge in [0, 0.05) is 34.7 Å². The van der Waals surface area contributed by atoms with Gasteiger partial charge >= 0.3 is 0 Å². The van der Waals surface area contributed by atoms with Crippen LogP contribution in [0.15, 0.2) is 59.5 Å². The number of aliphatic hydroxyl groups excluding tert-OH is 1. The predicted molar refractivity (Wildman–Crippen MR) is 117 cm³/mol. The number of likely N-dealkylation sites (N-methyl/N-ethyl adjacent to an activating group) is 1. The summed E-state index contributed by atoms with van der Waals surface area (Å²) in [7, 11) is 1.44. The zero-order chi connectivity index (χ0) is 21.8. The van der Waals surface area contributed by atoms with E-state index in [1.54, 1.807) is 55.5 Å². The summed E-state index contributed by atoms with van der Waals surface area (Å²) in [5.74, 6) is -1.13. The van der Waals surface area contributed by atoms with Gasteiger partial charge < -0.3 is 20.3 Å². The first-order chi connectivity index (χ1) is 14.4. The van der Waals surface area contributed by atoms with E-state index in [2.05, 4.69) is 10.6 Å². The van der Waals surface area contributed by atoms with E-state index < -0.39 is 30.0 Å². The van der Waals surface area contributed by atoms with E-state index in [-0.39, 0.29) is 5.91 Å². The van der Waals surface area contributed by atoms with E-state index >= 15 is 0 Å². The standard InChI is InChI=1S/C22H22ClN3O4/c1-13(14-6-8-15(23)9-7-14)20(28)25-18-5-3-4-17-16(18)10-11-26(22(17)30)19(12-27)21(29)24-2/h3-11,13,19,27H,12H2,1-2H3,(H,24,29)(H,25,28). The summed E-state index contributed by atoms with van der Waals surface area (Å²) in [4.78, 5) is 37.7. The molecule has 3 N–H and O–H groups in total. The summed E-state index contributed by atoms with van der Waals surface area (Å²) in [6.07, 6.45) is 1.44. The first-order valence-corrected chi connectivity index (χ1v) is 9.77. The largest absolute Gasteiger partial charge is 0.394 e. The number of hydrogen-bond acceptors (Lipinski definition) is 4. The van der Waals surface area contributed by atoms with Crippen molar-refractivity contribution in [1.29, 1.82) is 0 Å². The second-order valence-electron chi connectivity index (χ2n) is 6.87. The van der Waals surface area contributed by atoms with Crippen LogP contribution in [-0.2, 0) is 9.59 Å². The summed E-state index contributed by atoms with van der Waals surface area (Å²) < 4.78 is 1.18. The number of carbonyl (C=O) groups excluding carboxylic acids is 2. The number of aromatic nitrogens is 1. The molecule has 0 fully saturated rings. The molecule has 2 amide bonds. The maximum atomic E-state index is 12.9. The van der Waals surface area contributed by atoms with Gasteiger partial charge in [0.1, 0.15) is 6.04 Å². The highest BCUT2D eigenvalue weighted by Gasteiger charge is 2.21. The SMILES string of the molecule is CNC(=O)C(CO)n1ccc2c(NC(=O)C(C)c3ccc(Cl)cc3)cccc2c1=O. The Labute approximate surface area is 178 Å². The smallest absolute Gasteiger partial charge is 0.259 e. The summed E-state index contributed by atoms with van der Waals surface area (Å²) in [6.45, 7) is 1.27. The molecule has 0 saturated heterocycles. The van der Waals surface area contributed by atoms with Crippen molar-refractivity contribution in [2.75, 3.05) is 19.0 Å². The predicted octanol–water partition coefficient (Wildman–Crippen LogP) is 2.68. The zero-order valence-electron chi connectivity index (χ0n) is 16.6. The summed E-state index contributed by atoms with van der Waals surface area (Å²) in [5, 5.41) is 16.3. The molecule has 7 nitrogen and oxygen atoms in total. The van der Waals surface area contributed by atoms with Gasteiger partial charge in [-0.1, -0.05) is 29.8 Å². The molecule has 0 aliphatic carbocycles. The highest BCUT2D eigenvalue weighted by Crippen LogP contribution is 2.25. The van der Waals surface area contributed by atoms with E-state index in [4.69, 9.17) is 11.6 Å². The third kappa shape index (κ3) is 4.22. The van der Waals surface area contributed by atoms with Crippen molar-refractivity contribution in [1.82, 2.24) is 9.88 Å². The number of aliphatic hydroxyl groups is 1. The van der Waals surface area contributed by atoms with Gasteiger partial charge in [-0.2, -0.15) is 0 Å². The van der Waals surface area contributed by atoms with E-state index in [1.807, 2.05) is 0 Å². The Morgan fingerprint density at radius 2 is 1.77 bits per heavy atom. The Morgan fingerprint density at radius 3 is 2.40 bits per heavy atom. The van der Waals surface area contributed by atoms with Crippen LogP contribution in [-0.4, -0.2) is 35.1 Å². The number of nitrogens with one attached hydrogen (secondary N) is 2. The minimum absolute atomic E-state index is 0.229. The molecule has 0 radical (unpaired) electrons. The number of rotatable bonds is 6. The highest BCUT2D eigenvalue weighted by molar-refractivity contribution is 6.30. The van der Waals surface area contributed by atoms with Crippen LogP contribution < -0.4 is 16.2 Å². The van der Waals surface area contributed by atoms with Gasteiger partial charge in [-0.3, -0.25) is 14.4 Å². The van der Waals surface area contributed by atoms with Gasteiger partial charge in [0.25, 0.3) is 5.56 Å².